The molecule has 0 atom stereocenters. The highest BCUT2D eigenvalue weighted by Gasteiger charge is 2.24. The lowest BCUT2D eigenvalue weighted by molar-refractivity contribution is 0.355. The highest BCUT2D eigenvalue weighted by Crippen LogP contribution is 2.35. The largest absolute Gasteiger partial charge is 0.361 e. The van der Waals surface area contributed by atoms with Crippen molar-refractivity contribution in [3.05, 3.63) is 17.5 Å². The molecule has 1 aromatic rings. The SMILES string of the molecule is CC(C)(C)NCc1cnoc1C1CCCC1. The summed E-state index contributed by atoms with van der Waals surface area (Å²) in [6.45, 7) is 7.39. The van der Waals surface area contributed by atoms with E-state index in [1.54, 1.807) is 0 Å². The van der Waals surface area contributed by atoms with Crippen molar-refractivity contribution >= 4 is 0 Å². The first-order valence-electron chi connectivity index (χ1n) is 6.25. The summed E-state index contributed by atoms with van der Waals surface area (Å²) >= 11 is 0. The topological polar surface area (TPSA) is 38.1 Å². The Hall–Kier alpha value is -0.830. The van der Waals surface area contributed by atoms with Crippen LogP contribution in [0.5, 0.6) is 0 Å². The second-order valence-corrected chi connectivity index (χ2v) is 5.80. The third-order valence-corrected chi connectivity index (χ3v) is 3.21. The van der Waals surface area contributed by atoms with Gasteiger partial charge in [0.2, 0.25) is 0 Å². The molecule has 0 saturated heterocycles. The fraction of sp³-hybridized carbons (Fsp3) is 0.769. The van der Waals surface area contributed by atoms with Crippen LogP contribution in [0.3, 0.4) is 0 Å². The van der Waals surface area contributed by atoms with Crippen LogP contribution in [0.2, 0.25) is 0 Å². The fourth-order valence-electron chi connectivity index (χ4n) is 2.29. The molecule has 0 radical (unpaired) electrons. The van der Waals surface area contributed by atoms with E-state index in [9.17, 15) is 0 Å². The van der Waals surface area contributed by atoms with Gasteiger partial charge in [-0.15, -0.1) is 0 Å². The van der Waals surface area contributed by atoms with Crippen LogP contribution in [-0.2, 0) is 6.54 Å². The maximum absolute atomic E-state index is 5.42. The molecule has 2 rings (SSSR count). The smallest absolute Gasteiger partial charge is 0.144 e. The number of aromatic nitrogens is 1. The zero-order valence-electron chi connectivity index (χ0n) is 10.5. The molecule has 1 heterocycles. The first-order chi connectivity index (χ1) is 7.56. The molecular formula is C13H22N2O. The lowest BCUT2D eigenvalue weighted by Gasteiger charge is -2.20. The van der Waals surface area contributed by atoms with Gasteiger partial charge in [0.1, 0.15) is 5.76 Å². The molecule has 1 aliphatic carbocycles. The molecular weight excluding hydrogens is 200 g/mol. The molecule has 0 bridgehead atoms. The lowest BCUT2D eigenvalue weighted by Crippen LogP contribution is -2.35. The van der Waals surface area contributed by atoms with Crippen LogP contribution in [-0.4, -0.2) is 10.7 Å². The van der Waals surface area contributed by atoms with E-state index in [0.29, 0.717) is 5.92 Å². The number of nitrogens with zero attached hydrogens (tertiary/aromatic N) is 1. The normalized spacial score (nSPS) is 18.2. The van der Waals surface area contributed by atoms with E-state index >= 15 is 0 Å². The molecule has 0 aromatic carbocycles. The van der Waals surface area contributed by atoms with Gasteiger partial charge < -0.3 is 9.84 Å². The van der Waals surface area contributed by atoms with E-state index < -0.39 is 0 Å². The lowest BCUT2D eigenvalue weighted by atomic mass is 10.0. The molecule has 0 aliphatic heterocycles. The monoisotopic (exact) mass is 222 g/mol. The van der Waals surface area contributed by atoms with Crippen molar-refractivity contribution in [1.82, 2.24) is 10.5 Å². The number of hydrogen-bond donors (Lipinski definition) is 1. The maximum Gasteiger partial charge on any atom is 0.144 e. The maximum atomic E-state index is 5.42. The van der Waals surface area contributed by atoms with Crippen molar-refractivity contribution in [2.45, 2.75) is 64.5 Å². The van der Waals surface area contributed by atoms with Crippen LogP contribution in [0.15, 0.2) is 10.7 Å². The van der Waals surface area contributed by atoms with Crippen molar-refractivity contribution < 1.29 is 4.52 Å². The van der Waals surface area contributed by atoms with E-state index in [2.05, 4.69) is 31.2 Å². The Morgan fingerprint density at radius 1 is 1.38 bits per heavy atom. The summed E-state index contributed by atoms with van der Waals surface area (Å²) in [7, 11) is 0. The van der Waals surface area contributed by atoms with Crippen molar-refractivity contribution in [1.29, 1.82) is 0 Å². The van der Waals surface area contributed by atoms with Crippen LogP contribution >= 0.6 is 0 Å². The highest BCUT2D eigenvalue weighted by molar-refractivity contribution is 5.18. The van der Waals surface area contributed by atoms with E-state index in [1.807, 2.05) is 6.20 Å². The predicted molar refractivity (Wildman–Crippen MR) is 64.3 cm³/mol. The number of nitrogens with one attached hydrogen (secondary N) is 1. The van der Waals surface area contributed by atoms with Gasteiger partial charge in [0.05, 0.1) is 6.20 Å². The van der Waals surface area contributed by atoms with Gasteiger partial charge in [-0.25, -0.2) is 0 Å². The Kier molecular flexibility index (Phi) is 3.33. The van der Waals surface area contributed by atoms with Crippen molar-refractivity contribution in [2.75, 3.05) is 0 Å². The van der Waals surface area contributed by atoms with Gasteiger partial charge in [0, 0.05) is 23.6 Å². The van der Waals surface area contributed by atoms with Gasteiger partial charge in [-0.3, -0.25) is 0 Å². The Balaban J connectivity index is 2.01. The van der Waals surface area contributed by atoms with Gasteiger partial charge in [-0.05, 0) is 33.6 Å². The summed E-state index contributed by atoms with van der Waals surface area (Å²) in [6.07, 6.45) is 7.05. The van der Waals surface area contributed by atoms with Crippen LogP contribution < -0.4 is 5.32 Å². The van der Waals surface area contributed by atoms with E-state index in [-0.39, 0.29) is 5.54 Å². The minimum atomic E-state index is 0.143. The summed E-state index contributed by atoms with van der Waals surface area (Å²) < 4.78 is 5.42. The molecule has 1 N–H and O–H groups in total. The van der Waals surface area contributed by atoms with Crippen molar-refractivity contribution in [3.8, 4) is 0 Å². The fourth-order valence-corrected chi connectivity index (χ4v) is 2.29. The molecule has 1 fully saturated rings. The van der Waals surface area contributed by atoms with Crippen molar-refractivity contribution in [3.63, 3.8) is 0 Å². The Morgan fingerprint density at radius 3 is 2.69 bits per heavy atom. The zero-order chi connectivity index (χ0) is 11.6. The molecule has 0 spiro atoms. The molecule has 90 valence electrons. The Bertz CT molecular complexity index is 332. The van der Waals surface area contributed by atoms with Crippen molar-refractivity contribution in [2.24, 2.45) is 0 Å². The molecule has 3 nitrogen and oxygen atoms in total. The minimum absolute atomic E-state index is 0.143. The summed E-state index contributed by atoms with van der Waals surface area (Å²) in [5.41, 5.74) is 1.38. The predicted octanol–water partition coefficient (Wildman–Crippen LogP) is 3.22. The molecule has 0 unspecified atom stereocenters. The Morgan fingerprint density at radius 2 is 2.06 bits per heavy atom. The number of hydrogen-bond acceptors (Lipinski definition) is 3. The molecule has 0 amide bonds. The molecule has 1 aromatic heterocycles. The van der Waals surface area contributed by atoms with Gasteiger partial charge in [-0.2, -0.15) is 0 Å². The van der Waals surface area contributed by atoms with Crippen LogP contribution in [0, 0.1) is 0 Å². The number of rotatable bonds is 3. The highest BCUT2D eigenvalue weighted by atomic mass is 16.5. The second-order valence-electron chi connectivity index (χ2n) is 5.80. The molecule has 1 aliphatic rings. The van der Waals surface area contributed by atoms with E-state index in [1.165, 1.54) is 31.2 Å². The Labute approximate surface area is 97.6 Å². The van der Waals surface area contributed by atoms with Gasteiger partial charge in [0.25, 0.3) is 0 Å². The van der Waals surface area contributed by atoms with Crippen LogP contribution in [0.25, 0.3) is 0 Å². The van der Waals surface area contributed by atoms with E-state index in [0.717, 1.165) is 12.3 Å². The summed E-state index contributed by atoms with van der Waals surface area (Å²) in [5.74, 6) is 1.73. The first-order valence-corrected chi connectivity index (χ1v) is 6.25. The van der Waals surface area contributed by atoms with Gasteiger partial charge in [-0.1, -0.05) is 18.0 Å². The minimum Gasteiger partial charge on any atom is -0.361 e. The second kappa shape index (κ2) is 4.58. The molecule has 3 heteroatoms. The molecule has 1 saturated carbocycles. The average Bonchev–Trinajstić information content (AvgIpc) is 2.84. The van der Waals surface area contributed by atoms with Gasteiger partial charge >= 0.3 is 0 Å². The van der Waals surface area contributed by atoms with Crippen LogP contribution in [0.4, 0.5) is 0 Å². The third kappa shape index (κ3) is 2.85. The van der Waals surface area contributed by atoms with Crippen LogP contribution in [0.1, 0.15) is 63.7 Å². The average molecular weight is 222 g/mol. The quantitative estimate of drug-likeness (QED) is 0.853. The summed E-state index contributed by atoms with van der Waals surface area (Å²) in [6, 6.07) is 0. The van der Waals surface area contributed by atoms with Gasteiger partial charge in [0.15, 0.2) is 0 Å². The first kappa shape index (κ1) is 11.6. The summed E-state index contributed by atoms with van der Waals surface area (Å²) in [4.78, 5) is 0. The zero-order valence-corrected chi connectivity index (χ0v) is 10.5. The van der Waals surface area contributed by atoms with E-state index in [4.69, 9.17) is 4.52 Å². The third-order valence-electron chi connectivity index (χ3n) is 3.21. The summed E-state index contributed by atoms with van der Waals surface area (Å²) in [5, 5.41) is 7.44. The standard InChI is InChI=1S/C13H22N2O/c1-13(2,3)14-8-11-9-15-16-12(11)10-6-4-5-7-10/h9-10,14H,4-8H2,1-3H3. The molecule has 16 heavy (non-hydrogen) atoms.